The predicted octanol–water partition coefficient (Wildman–Crippen LogP) is -2.58. The number of Topliss-reactive ketones (excluding diaryl/α,β-unsaturated/α-hetero) is 1. The van der Waals surface area contributed by atoms with Crippen LogP contribution in [0.15, 0.2) is 78.0 Å². The lowest BCUT2D eigenvalue weighted by Crippen LogP contribution is -2.60. The first kappa shape index (κ1) is 62.8. The standard InChI is InChI=1S/C51H68N12O13S2/c1-5-34(57-46(71)35(13-9-10-18-52)58-43(68)29(3)55-30(4)65)44(69)54-24-42(67)56-40-27-78-26-39-45(70)53-19-20-77-25-41(51(76)61-38(49(74)62-39)23-32-14-16-33(66)17-15-32)63-47(72)36(21-28(2)64)59-48(73)37(60-50(40)75)22-31-11-7-6-8-12-31/h5-8,11-12,14-17,19-20,29,35-41,66H,9-10,13,18,21-27,52H2,1-4H3,(H,53,70)(H,54,69)(H,55,65)(H,56,67)(H,57,71)(H,58,68)(H,59,73)(H,60,75)(H,61,76)(H,62,74)(H,63,72)/b20-19-,34-5-. The van der Waals surface area contributed by atoms with Crippen LogP contribution in [0.1, 0.15) is 64.5 Å². The third-order valence-electron chi connectivity index (χ3n) is 11.8. The van der Waals surface area contributed by atoms with Crippen molar-refractivity contribution in [3.63, 3.8) is 0 Å². The fraction of sp³-hybridized carbons (Fsp3) is 0.451. The smallest absolute Gasteiger partial charge is 0.267 e. The van der Waals surface area contributed by atoms with Crippen molar-refractivity contribution in [2.24, 2.45) is 5.73 Å². The molecule has 2 aromatic rings. The van der Waals surface area contributed by atoms with Gasteiger partial charge in [-0.2, -0.15) is 11.8 Å². The Bertz CT molecular complexity index is 2570. The van der Waals surface area contributed by atoms with Crippen LogP contribution in [0.4, 0.5) is 0 Å². The van der Waals surface area contributed by atoms with Crippen LogP contribution in [0, 0.1) is 0 Å². The number of amides is 11. The molecule has 1 fully saturated rings. The van der Waals surface area contributed by atoms with Gasteiger partial charge in [0.25, 0.3) is 5.91 Å². The molecule has 0 spiro atoms. The Kier molecular flexibility index (Phi) is 25.8. The van der Waals surface area contributed by atoms with Gasteiger partial charge in [-0.25, -0.2) is 0 Å². The second kappa shape index (κ2) is 32.1. The molecule has 11 amide bonds. The fourth-order valence-electron chi connectivity index (χ4n) is 7.67. The average Bonchev–Trinajstić information content (AvgIpc) is 3.40. The minimum Gasteiger partial charge on any atom is -0.508 e. The minimum atomic E-state index is -1.60. The number of phenolic OH excluding ortho intramolecular Hbond substituents is 1. The van der Waals surface area contributed by atoms with Gasteiger partial charge < -0.3 is 69.3 Å². The van der Waals surface area contributed by atoms with Crippen LogP contribution in [-0.4, -0.2) is 155 Å². The summed E-state index contributed by atoms with van der Waals surface area (Å²) in [5.74, 6) is -10.3. The van der Waals surface area contributed by atoms with Gasteiger partial charge in [-0.3, -0.25) is 57.5 Å². The van der Waals surface area contributed by atoms with Gasteiger partial charge in [-0.05, 0) is 75.2 Å². The van der Waals surface area contributed by atoms with E-state index in [9.17, 15) is 62.6 Å². The van der Waals surface area contributed by atoms with E-state index in [1.807, 2.05) is 0 Å². The van der Waals surface area contributed by atoms with E-state index in [2.05, 4.69) is 58.5 Å². The van der Waals surface area contributed by atoms with Gasteiger partial charge in [-0.1, -0.05) is 48.5 Å². The molecule has 0 aliphatic carbocycles. The second-order valence-electron chi connectivity index (χ2n) is 18.2. The number of hydrogen-bond acceptors (Lipinski definition) is 16. The third-order valence-corrected chi connectivity index (χ3v) is 13.8. The van der Waals surface area contributed by atoms with Crippen molar-refractivity contribution in [3.05, 3.63) is 89.1 Å². The van der Waals surface area contributed by atoms with Crippen LogP contribution < -0.4 is 64.2 Å². The van der Waals surface area contributed by atoms with E-state index in [4.69, 9.17) is 5.73 Å². The molecule has 4 rings (SSSR count). The fourth-order valence-corrected chi connectivity index (χ4v) is 9.45. The number of carbonyl (C=O) groups excluding carboxylic acids is 12. The number of fused-ring (bicyclic) bond motifs is 6. The molecule has 0 aromatic heterocycles. The van der Waals surface area contributed by atoms with Crippen LogP contribution in [0.25, 0.3) is 0 Å². The van der Waals surface area contributed by atoms with Gasteiger partial charge in [0.05, 0.1) is 6.54 Å². The Morgan fingerprint density at radius 3 is 1.95 bits per heavy atom. The monoisotopic (exact) mass is 1120 g/mol. The predicted molar refractivity (Wildman–Crippen MR) is 289 cm³/mol. The number of rotatable bonds is 19. The molecule has 8 atom stereocenters. The van der Waals surface area contributed by atoms with Crippen molar-refractivity contribution < 1.29 is 62.6 Å². The number of nitrogens with one attached hydrogen (secondary N) is 11. The molecule has 2 bridgehead atoms. The number of phenols is 1. The van der Waals surface area contributed by atoms with Crippen molar-refractivity contribution in [1.82, 2.24) is 58.5 Å². The normalized spacial score (nSPS) is 22.0. The maximum atomic E-state index is 14.5. The highest BCUT2D eigenvalue weighted by Gasteiger charge is 2.36. The Morgan fingerprint density at radius 1 is 0.718 bits per heavy atom. The van der Waals surface area contributed by atoms with Crippen LogP contribution >= 0.6 is 23.5 Å². The molecule has 14 N–H and O–H groups in total. The molecule has 422 valence electrons. The van der Waals surface area contributed by atoms with E-state index in [0.29, 0.717) is 30.5 Å². The van der Waals surface area contributed by atoms with Gasteiger partial charge in [0, 0.05) is 49.6 Å². The lowest BCUT2D eigenvalue weighted by atomic mass is 10.0. The first-order valence-electron chi connectivity index (χ1n) is 25.0. The molecule has 2 aromatic carbocycles. The molecule has 25 nitrogen and oxygen atoms in total. The SMILES string of the molecule is C/C=C(\NC(=O)C(CCCCN)NC(=O)C(C)NC(C)=O)C(=O)NCC(=O)NC1CSCC2NC(=O)C(Cc3ccc(O)cc3)NC(=O)C(CS/C=C\NC2=O)NC(=O)C(CC(C)=O)NC(=O)C(Cc2ccccc2)NC1=O. The second-order valence-corrected chi connectivity index (χ2v) is 20.2. The molecular formula is C51H68N12O13S2. The van der Waals surface area contributed by atoms with Gasteiger partial charge in [-0.15, -0.1) is 11.8 Å². The van der Waals surface area contributed by atoms with Gasteiger partial charge in [0.2, 0.25) is 59.1 Å². The summed E-state index contributed by atoms with van der Waals surface area (Å²) in [5, 5.41) is 39.4. The van der Waals surface area contributed by atoms with E-state index in [1.54, 1.807) is 30.3 Å². The molecule has 27 heteroatoms. The molecule has 78 heavy (non-hydrogen) atoms. The quantitative estimate of drug-likeness (QED) is 0.0508. The number of carbonyl (C=O) groups is 12. The van der Waals surface area contributed by atoms with Crippen molar-refractivity contribution in [2.45, 2.75) is 115 Å². The summed E-state index contributed by atoms with van der Waals surface area (Å²) in [4.78, 5) is 163. The molecule has 0 radical (unpaired) electrons. The van der Waals surface area contributed by atoms with Crippen LogP contribution in [-0.2, 0) is 70.4 Å². The molecule has 2 aliphatic rings. The van der Waals surface area contributed by atoms with Crippen molar-refractivity contribution in [2.75, 3.05) is 30.3 Å². The number of benzene rings is 2. The molecular weight excluding hydrogens is 1050 g/mol. The first-order chi connectivity index (χ1) is 37.2. The summed E-state index contributed by atoms with van der Waals surface area (Å²) in [6.45, 7) is 4.80. The van der Waals surface area contributed by atoms with Crippen LogP contribution in [0.5, 0.6) is 5.75 Å². The first-order valence-corrected chi connectivity index (χ1v) is 27.2. The number of nitrogens with two attached hydrogens (primary N) is 1. The van der Waals surface area contributed by atoms with E-state index < -0.39 is 132 Å². The van der Waals surface area contributed by atoms with E-state index >= 15 is 0 Å². The number of ketones is 1. The van der Waals surface area contributed by atoms with Crippen LogP contribution in [0.2, 0.25) is 0 Å². The van der Waals surface area contributed by atoms with E-state index in [0.717, 1.165) is 23.5 Å². The van der Waals surface area contributed by atoms with Crippen LogP contribution in [0.3, 0.4) is 0 Å². The Balaban J connectivity index is 1.67. The molecule has 2 aliphatic heterocycles. The zero-order chi connectivity index (χ0) is 57.3. The van der Waals surface area contributed by atoms with Crippen molar-refractivity contribution >= 4 is 94.3 Å². The lowest BCUT2D eigenvalue weighted by molar-refractivity contribution is -0.135. The summed E-state index contributed by atoms with van der Waals surface area (Å²) in [6, 6.07) is 3.38. The Hall–Kier alpha value is -7.78. The van der Waals surface area contributed by atoms with E-state index in [1.165, 1.54) is 69.6 Å². The highest BCUT2D eigenvalue weighted by Crippen LogP contribution is 2.15. The molecule has 1 saturated heterocycles. The maximum absolute atomic E-state index is 14.5. The summed E-state index contributed by atoms with van der Waals surface area (Å²) in [6.07, 6.45) is 2.70. The number of allylic oxidation sites excluding steroid dienone is 1. The van der Waals surface area contributed by atoms with Crippen molar-refractivity contribution in [1.29, 1.82) is 0 Å². The minimum absolute atomic E-state index is 0.0669. The number of thioether (sulfide) groups is 2. The molecule has 2 heterocycles. The topological polar surface area (TPSA) is 383 Å². The number of hydrogen-bond donors (Lipinski definition) is 13. The highest BCUT2D eigenvalue weighted by atomic mass is 32.2. The Morgan fingerprint density at radius 2 is 1.32 bits per heavy atom. The maximum Gasteiger partial charge on any atom is 0.267 e. The average molecular weight is 1120 g/mol. The summed E-state index contributed by atoms with van der Waals surface area (Å²) in [7, 11) is 0. The zero-order valence-corrected chi connectivity index (χ0v) is 45.2. The zero-order valence-electron chi connectivity index (χ0n) is 43.6. The molecule has 0 saturated carbocycles. The number of unbranched alkanes of at least 4 members (excludes halogenated alkanes) is 1. The molecule has 8 unspecified atom stereocenters. The van der Waals surface area contributed by atoms with Gasteiger partial charge >= 0.3 is 0 Å². The third kappa shape index (κ3) is 21.3. The van der Waals surface area contributed by atoms with Gasteiger partial charge in [0.15, 0.2) is 0 Å². The van der Waals surface area contributed by atoms with Gasteiger partial charge in [0.1, 0.15) is 65.6 Å². The van der Waals surface area contributed by atoms with Crippen molar-refractivity contribution in [3.8, 4) is 5.75 Å². The Labute approximate surface area is 459 Å². The highest BCUT2D eigenvalue weighted by molar-refractivity contribution is 8.02. The summed E-state index contributed by atoms with van der Waals surface area (Å²) >= 11 is 1.94. The lowest BCUT2D eigenvalue weighted by Gasteiger charge is -2.27. The number of aromatic hydroxyl groups is 1. The van der Waals surface area contributed by atoms with E-state index in [-0.39, 0.29) is 48.0 Å². The summed E-state index contributed by atoms with van der Waals surface area (Å²) in [5.41, 5.74) is 6.37. The summed E-state index contributed by atoms with van der Waals surface area (Å²) < 4.78 is 0. The largest absolute Gasteiger partial charge is 0.508 e.